The smallest absolute Gasteiger partial charge is 0.230 e. The largest absolute Gasteiger partial charge is 0.355 e. The number of carbonyl (C=O) groups is 1. The molecule has 1 N–H and O–H groups in total. The first-order chi connectivity index (χ1) is 11.7. The molecule has 124 valence electrons. The quantitative estimate of drug-likeness (QED) is 0.719. The molecule has 1 aromatic carbocycles. The van der Waals surface area contributed by atoms with E-state index < -0.39 is 0 Å². The van der Waals surface area contributed by atoms with Crippen molar-refractivity contribution in [2.75, 3.05) is 12.3 Å². The molecular formula is C19H21N3OS. The second-order valence-electron chi connectivity index (χ2n) is 5.78. The van der Waals surface area contributed by atoms with E-state index in [0.717, 1.165) is 23.5 Å². The zero-order valence-corrected chi connectivity index (χ0v) is 14.6. The maximum absolute atomic E-state index is 11.9. The number of imidazole rings is 1. The summed E-state index contributed by atoms with van der Waals surface area (Å²) >= 11 is 1.64. The molecule has 3 aromatic rings. The van der Waals surface area contributed by atoms with E-state index in [1.165, 1.54) is 11.1 Å². The number of aryl methyl sites for hydroxylation is 1. The Kier molecular flexibility index (Phi) is 5.54. The van der Waals surface area contributed by atoms with E-state index in [1.807, 2.05) is 35.0 Å². The third kappa shape index (κ3) is 4.61. The van der Waals surface area contributed by atoms with Crippen LogP contribution in [0.5, 0.6) is 0 Å². The van der Waals surface area contributed by atoms with Crippen molar-refractivity contribution in [3.05, 3.63) is 71.7 Å². The number of nitrogens with one attached hydrogen (secondary N) is 1. The van der Waals surface area contributed by atoms with E-state index in [9.17, 15) is 4.79 Å². The predicted octanol–water partition coefficient (Wildman–Crippen LogP) is 3.23. The van der Waals surface area contributed by atoms with Crippen molar-refractivity contribution in [2.45, 2.75) is 19.1 Å². The Morgan fingerprint density at radius 3 is 2.83 bits per heavy atom. The third-order valence-electron chi connectivity index (χ3n) is 3.74. The van der Waals surface area contributed by atoms with Crippen LogP contribution in [-0.4, -0.2) is 27.6 Å². The summed E-state index contributed by atoms with van der Waals surface area (Å²) in [5.41, 5.74) is 4.44. The van der Waals surface area contributed by atoms with Crippen molar-refractivity contribution in [1.82, 2.24) is 14.7 Å². The number of pyridine rings is 1. The Hall–Kier alpha value is -2.27. The SMILES string of the molecule is Cc1ccc(CSCC(=O)NCCc2cn3ccccc3n2)cc1. The van der Waals surface area contributed by atoms with E-state index in [1.54, 1.807) is 11.8 Å². The molecular weight excluding hydrogens is 318 g/mol. The molecule has 0 unspecified atom stereocenters. The highest BCUT2D eigenvalue weighted by atomic mass is 32.2. The van der Waals surface area contributed by atoms with Crippen LogP contribution < -0.4 is 5.32 Å². The summed E-state index contributed by atoms with van der Waals surface area (Å²) in [6, 6.07) is 14.4. The molecule has 0 fully saturated rings. The van der Waals surface area contributed by atoms with Gasteiger partial charge in [-0.15, -0.1) is 11.8 Å². The van der Waals surface area contributed by atoms with Crippen molar-refractivity contribution < 1.29 is 4.79 Å². The Morgan fingerprint density at radius 1 is 1.21 bits per heavy atom. The van der Waals surface area contributed by atoms with Crippen molar-refractivity contribution >= 4 is 23.3 Å². The first-order valence-electron chi connectivity index (χ1n) is 8.03. The minimum Gasteiger partial charge on any atom is -0.355 e. The molecule has 0 saturated heterocycles. The van der Waals surface area contributed by atoms with Crippen LogP contribution in [0.15, 0.2) is 54.9 Å². The molecule has 0 aliphatic heterocycles. The van der Waals surface area contributed by atoms with Crippen LogP contribution in [-0.2, 0) is 17.0 Å². The summed E-state index contributed by atoms with van der Waals surface area (Å²) in [6.07, 6.45) is 4.73. The molecule has 0 radical (unpaired) electrons. The fraction of sp³-hybridized carbons (Fsp3) is 0.263. The zero-order valence-electron chi connectivity index (χ0n) is 13.7. The van der Waals surface area contributed by atoms with Crippen molar-refractivity contribution in [3.63, 3.8) is 0 Å². The first-order valence-corrected chi connectivity index (χ1v) is 9.19. The number of hydrogen-bond donors (Lipinski definition) is 1. The van der Waals surface area contributed by atoms with Gasteiger partial charge in [-0.2, -0.15) is 0 Å². The van der Waals surface area contributed by atoms with Crippen LogP contribution in [0, 0.1) is 6.92 Å². The molecule has 0 bridgehead atoms. The molecule has 3 rings (SSSR count). The number of fused-ring (bicyclic) bond motifs is 1. The fourth-order valence-electron chi connectivity index (χ4n) is 2.43. The van der Waals surface area contributed by atoms with Gasteiger partial charge in [0.2, 0.25) is 5.91 Å². The van der Waals surface area contributed by atoms with Crippen LogP contribution >= 0.6 is 11.8 Å². The maximum atomic E-state index is 11.9. The number of nitrogens with zero attached hydrogens (tertiary/aromatic N) is 2. The minimum absolute atomic E-state index is 0.0795. The summed E-state index contributed by atoms with van der Waals surface area (Å²) in [6.45, 7) is 2.70. The lowest BCUT2D eigenvalue weighted by atomic mass is 10.2. The molecule has 4 nitrogen and oxygen atoms in total. The summed E-state index contributed by atoms with van der Waals surface area (Å²) in [5, 5.41) is 2.96. The number of amides is 1. The van der Waals surface area contributed by atoms with E-state index in [4.69, 9.17) is 0 Å². The van der Waals surface area contributed by atoms with E-state index in [-0.39, 0.29) is 5.91 Å². The lowest BCUT2D eigenvalue weighted by Gasteiger charge is -2.04. The van der Waals surface area contributed by atoms with Gasteiger partial charge in [-0.05, 0) is 24.6 Å². The molecule has 5 heteroatoms. The lowest BCUT2D eigenvalue weighted by molar-refractivity contribution is -0.118. The zero-order chi connectivity index (χ0) is 16.8. The van der Waals surface area contributed by atoms with E-state index >= 15 is 0 Å². The molecule has 0 aliphatic carbocycles. The highest BCUT2D eigenvalue weighted by Gasteiger charge is 2.04. The molecule has 2 heterocycles. The topological polar surface area (TPSA) is 46.4 Å². The van der Waals surface area contributed by atoms with Crippen molar-refractivity contribution in [3.8, 4) is 0 Å². The molecule has 24 heavy (non-hydrogen) atoms. The van der Waals surface area contributed by atoms with Crippen molar-refractivity contribution in [2.24, 2.45) is 0 Å². The van der Waals surface area contributed by atoms with Gasteiger partial charge in [0.25, 0.3) is 0 Å². The lowest BCUT2D eigenvalue weighted by Crippen LogP contribution is -2.27. The van der Waals surface area contributed by atoms with Gasteiger partial charge in [0, 0.05) is 31.1 Å². The number of thioether (sulfide) groups is 1. The average Bonchev–Trinajstić information content (AvgIpc) is 2.99. The molecule has 0 aliphatic rings. The third-order valence-corrected chi connectivity index (χ3v) is 4.74. The van der Waals surface area contributed by atoms with Gasteiger partial charge in [0.05, 0.1) is 11.4 Å². The highest BCUT2D eigenvalue weighted by molar-refractivity contribution is 7.99. The number of aromatic nitrogens is 2. The van der Waals surface area contributed by atoms with Crippen LogP contribution in [0.25, 0.3) is 5.65 Å². The maximum Gasteiger partial charge on any atom is 0.230 e. The van der Waals surface area contributed by atoms with Gasteiger partial charge in [0.15, 0.2) is 0 Å². The number of hydrogen-bond acceptors (Lipinski definition) is 3. The van der Waals surface area contributed by atoms with Gasteiger partial charge in [-0.1, -0.05) is 35.9 Å². The number of carbonyl (C=O) groups excluding carboxylic acids is 1. The summed E-state index contributed by atoms with van der Waals surface area (Å²) in [7, 11) is 0. The van der Waals surface area contributed by atoms with Gasteiger partial charge in [-0.25, -0.2) is 4.98 Å². The minimum atomic E-state index is 0.0795. The van der Waals surface area contributed by atoms with Crippen LogP contribution in [0.3, 0.4) is 0 Å². The second kappa shape index (κ2) is 8.02. The molecule has 2 aromatic heterocycles. The predicted molar refractivity (Wildman–Crippen MR) is 99.2 cm³/mol. The van der Waals surface area contributed by atoms with E-state index in [0.29, 0.717) is 12.3 Å². The molecule has 0 saturated carbocycles. The normalized spacial score (nSPS) is 10.9. The average molecular weight is 339 g/mol. The van der Waals surface area contributed by atoms with Crippen molar-refractivity contribution in [1.29, 1.82) is 0 Å². The molecule has 0 spiro atoms. The van der Waals surface area contributed by atoms with Crippen LogP contribution in [0.1, 0.15) is 16.8 Å². The summed E-state index contributed by atoms with van der Waals surface area (Å²) in [5.74, 6) is 1.43. The molecule has 0 atom stereocenters. The van der Waals surface area contributed by atoms with E-state index in [2.05, 4.69) is 41.5 Å². The highest BCUT2D eigenvalue weighted by Crippen LogP contribution is 2.12. The Bertz CT molecular complexity index is 778. The molecule has 1 amide bonds. The Labute approximate surface area is 146 Å². The van der Waals surface area contributed by atoms with Crippen LogP contribution in [0.2, 0.25) is 0 Å². The standard InChI is InChI=1S/C19H21N3OS/c1-15-5-7-16(8-6-15)13-24-14-19(23)20-10-9-17-12-22-11-3-2-4-18(22)21-17/h2-8,11-12H,9-10,13-14H2,1H3,(H,20,23). The van der Waals surface area contributed by atoms with Gasteiger partial charge in [0.1, 0.15) is 5.65 Å². The van der Waals surface area contributed by atoms with Gasteiger partial charge < -0.3 is 9.72 Å². The monoisotopic (exact) mass is 339 g/mol. The van der Waals surface area contributed by atoms with Crippen LogP contribution in [0.4, 0.5) is 0 Å². The Balaban J connectivity index is 1.37. The number of benzene rings is 1. The fourth-order valence-corrected chi connectivity index (χ4v) is 3.25. The Morgan fingerprint density at radius 2 is 2.04 bits per heavy atom. The second-order valence-corrected chi connectivity index (χ2v) is 6.76. The van der Waals surface area contributed by atoms with Gasteiger partial charge in [-0.3, -0.25) is 4.79 Å². The first kappa shape index (κ1) is 16.6. The summed E-state index contributed by atoms with van der Waals surface area (Å²) in [4.78, 5) is 16.4. The van der Waals surface area contributed by atoms with Gasteiger partial charge >= 0.3 is 0 Å². The number of rotatable bonds is 7. The summed E-state index contributed by atoms with van der Waals surface area (Å²) < 4.78 is 1.99.